The molecule has 0 aromatic heterocycles. The van der Waals surface area contributed by atoms with Crippen LogP contribution in [0.15, 0.2) is 0 Å². The molecule has 1 aliphatic rings. The number of urea groups is 1. The standard InChI is InChI=1S/C12H25N3O2/c1-12(2,3)14-11(16)13-6-5-10-9-15(4)7-8-17-10/h10H,5-9H2,1-4H3,(H2,13,14,16). The molecule has 100 valence electrons. The van der Waals surface area contributed by atoms with E-state index in [-0.39, 0.29) is 17.7 Å². The van der Waals surface area contributed by atoms with Crippen molar-refractivity contribution in [3.63, 3.8) is 0 Å². The summed E-state index contributed by atoms with van der Waals surface area (Å²) in [5.41, 5.74) is -0.189. The number of hydrogen-bond acceptors (Lipinski definition) is 3. The van der Waals surface area contributed by atoms with Gasteiger partial charge in [0.25, 0.3) is 0 Å². The van der Waals surface area contributed by atoms with Gasteiger partial charge in [-0.3, -0.25) is 0 Å². The normalized spacial score (nSPS) is 22.2. The van der Waals surface area contributed by atoms with Crippen LogP contribution in [0, 0.1) is 0 Å². The molecule has 0 aromatic carbocycles. The van der Waals surface area contributed by atoms with Gasteiger partial charge in [-0.15, -0.1) is 0 Å². The van der Waals surface area contributed by atoms with E-state index in [0.717, 1.165) is 26.1 Å². The largest absolute Gasteiger partial charge is 0.375 e. The number of likely N-dealkylation sites (N-methyl/N-ethyl adjacent to an activating group) is 1. The minimum Gasteiger partial charge on any atom is -0.375 e. The van der Waals surface area contributed by atoms with Crippen molar-refractivity contribution < 1.29 is 9.53 Å². The lowest BCUT2D eigenvalue weighted by Gasteiger charge is -2.30. The van der Waals surface area contributed by atoms with Crippen LogP contribution in [0.3, 0.4) is 0 Å². The molecule has 1 rings (SSSR count). The maximum atomic E-state index is 11.5. The molecule has 1 atom stereocenters. The average molecular weight is 243 g/mol. The Morgan fingerprint density at radius 1 is 1.47 bits per heavy atom. The first kappa shape index (κ1) is 14.3. The molecule has 1 fully saturated rings. The second-order valence-electron chi connectivity index (χ2n) is 5.67. The number of ether oxygens (including phenoxy) is 1. The molecule has 5 heteroatoms. The Hall–Kier alpha value is -0.810. The van der Waals surface area contributed by atoms with Crippen molar-refractivity contribution in [2.24, 2.45) is 0 Å². The van der Waals surface area contributed by atoms with E-state index in [1.807, 2.05) is 20.8 Å². The van der Waals surface area contributed by atoms with Crippen LogP contribution in [-0.4, -0.2) is 55.9 Å². The average Bonchev–Trinajstić information content (AvgIpc) is 2.14. The van der Waals surface area contributed by atoms with Crippen LogP contribution in [0.1, 0.15) is 27.2 Å². The lowest BCUT2D eigenvalue weighted by molar-refractivity contribution is -0.0224. The zero-order valence-electron chi connectivity index (χ0n) is 11.4. The van der Waals surface area contributed by atoms with Gasteiger partial charge in [0.05, 0.1) is 12.7 Å². The number of amides is 2. The number of nitrogens with one attached hydrogen (secondary N) is 2. The number of hydrogen-bond donors (Lipinski definition) is 2. The molecule has 1 unspecified atom stereocenters. The Balaban J connectivity index is 2.13. The first-order valence-corrected chi connectivity index (χ1v) is 6.23. The number of carbonyl (C=O) groups is 1. The minimum atomic E-state index is -0.189. The van der Waals surface area contributed by atoms with Crippen LogP contribution in [0.2, 0.25) is 0 Å². The predicted molar refractivity (Wildman–Crippen MR) is 68.1 cm³/mol. The van der Waals surface area contributed by atoms with Crippen LogP contribution in [0.25, 0.3) is 0 Å². The van der Waals surface area contributed by atoms with Crippen molar-refractivity contribution in [1.82, 2.24) is 15.5 Å². The molecule has 1 aliphatic heterocycles. The predicted octanol–water partition coefficient (Wildman–Crippen LogP) is 0.805. The lowest BCUT2D eigenvalue weighted by Crippen LogP contribution is -2.47. The van der Waals surface area contributed by atoms with Crippen LogP contribution in [-0.2, 0) is 4.74 Å². The fraction of sp³-hybridized carbons (Fsp3) is 0.917. The highest BCUT2D eigenvalue weighted by atomic mass is 16.5. The topological polar surface area (TPSA) is 53.6 Å². The van der Waals surface area contributed by atoms with Gasteiger partial charge in [0.15, 0.2) is 0 Å². The van der Waals surface area contributed by atoms with Gasteiger partial charge in [-0.05, 0) is 34.2 Å². The maximum Gasteiger partial charge on any atom is 0.315 e. The number of rotatable bonds is 3. The summed E-state index contributed by atoms with van der Waals surface area (Å²) in [5.74, 6) is 0. The fourth-order valence-electron chi connectivity index (χ4n) is 1.77. The van der Waals surface area contributed by atoms with Gasteiger partial charge in [-0.1, -0.05) is 0 Å². The van der Waals surface area contributed by atoms with Gasteiger partial charge in [-0.2, -0.15) is 0 Å². The highest BCUT2D eigenvalue weighted by Gasteiger charge is 2.18. The quantitative estimate of drug-likeness (QED) is 0.771. The summed E-state index contributed by atoms with van der Waals surface area (Å²) in [6, 6.07) is -0.110. The third kappa shape index (κ3) is 6.48. The number of nitrogens with zero attached hydrogens (tertiary/aromatic N) is 1. The molecule has 0 spiro atoms. The van der Waals surface area contributed by atoms with E-state index < -0.39 is 0 Å². The van der Waals surface area contributed by atoms with Crippen molar-refractivity contribution >= 4 is 6.03 Å². The summed E-state index contributed by atoms with van der Waals surface area (Å²) in [6.07, 6.45) is 1.10. The highest BCUT2D eigenvalue weighted by molar-refractivity contribution is 5.74. The Morgan fingerprint density at radius 3 is 2.76 bits per heavy atom. The van der Waals surface area contributed by atoms with Gasteiger partial charge in [0.2, 0.25) is 0 Å². The molecule has 0 radical (unpaired) electrons. The smallest absolute Gasteiger partial charge is 0.315 e. The Bertz CT molecular complexity index is 251. The van der Waals surface area contributed by atoms with Crippen molar-refractivity contribution in [3.8, 4) is 0 Å². The molecule has 1 heterocycles. The SMILES string of the molecule is CN1CCOC(CCNC(=O)NC(C)(C)C)C1. The second-order valence-corrected chi connectivity index (χ2v) is 5.67. The zero-order chi connectivity index (χ0) is 12.9. The molecule has 0 saturated carbocycles. The minimum absolute atomic E-state index is 0.110. The van der Waals surface area contributed by atoms with E-state index in [1.54, 1.807) is 0 Å². The van der Waals surface area contributed by atoms with Crippen LogP contribution < -0.4 is 10.6 Å². The highest BCUT2D eigenvalue weighted by Crippen LogP contribution is 2.05. The molecular weight excluding hydrogens is 218 g/mol. The molecular formula is C12H25N3O2. The monoisotopic (exact) mass is 243 g/mol. The van der Waals surface area contributed by atoms with E-state index in [0.29, 0.717) is 6.54 Å². The van der Waals surface area contributed by atoms with E-state index in [1.165, 1.54) is 0 Å². The third-order valence-electron chi connectivity index (χ3n) is 2.58. The van der Waals surface area contributed by atoms with Crippen LogP contribution in [0.5, 0.6) is 0 Å². The first-order valence-electron chi connectivity index (χ1n) is 6.23. The maximum absolute atomic E-state index is 11.5. The summed E-state index contributed by atoms with van der Waals surface area (Å²) in [5, 5.41) is 5.72. The molecule has 1 saturated heterocycles. The van der Waals surface area contributed by atoms with Gasteiger partial charge >= 0.3 is 6.03 Å². The summed E-state index contributed by atoms with van der Waals surface area (Å²) < 4.78 is 5.62. The molecule has 2 N–H and O–H groups in total. The second kappa shape index (κ2) is 6.21. The molecule has 17 heavy (non-hydrogen) atoms. The first-order chi connectivity index (χ1) is 7.87. The van der Waals surface area contributed by atoms with Crippen LogP contribution in [0.4, 0.5) is 4.79 Å². The molecule has 0 bridgehead atoms. The van der Waals surface area contributed by atoms with Gasteiger partial charge in [0.1, 0.15) is 0 Å². The van der Waals surface area contributed by atoms with E-state index >= 15 is 0 Å². The molecule has 0 aromatic rings. The Labute approximate surface area is 104 Å². The Kier molecular flexibility index (Phi) is 5.21. The zero-order valence-corrected chi connectivity index (χ0v) is 11.4. The van der Waals surface area contributed by atoms with E-state index in [9.17, 15) is 4.79 Å². The van der Waals surface area contributed by atoms with E-state index in [4.69, 9.17) is 4.74 Å². The summed E-state index contributed by atoms with van der Waals surface area (Å²) in [6.45, 7) is 9.27. The molecule has 2 amide bonds. The van der Waals surface area contributed by atoms with Crippen molar-refractivity contribution in [3.05, 3.63) is 0 Å². The summed E-state index contributed by atoms with van der Waals surface area (Å²) in [4.78, 5) is 13.7. The van der Waals surface area contributed by atoms with Gasteiger partial charge < -0.3 is 20.3 Å². The van der Waals surface area contributed by atoms with Gasteiger partial charge in [-0.25, -0.2) is 4.79 Å². The van der Waals surface area contributed by atoms with Crippen molar-refractivity contribution in [2.75, 3.05) is 33.3 Å². The third-order valence-corrected chi connectivity index (χ3v) is 2.58. The van der Waals surface area contributed by atoms with Crippen molar-refractivity contribution in [1.29, 1.82) is 0 Å². The summed E-state index contributed by atoms with van der Waals surface area (Å²) >= 11 is 0. The lowest BCUT2D eigenvalue weighted by atomic mass is 10.1. The van der Waals surface area contributed by atoms with Crippen LogP contribution >= 0.6 is 0 Å². The Morgan fingerprint density at radius 2 is 2.18 bits per heavy atom. The molecule has 5 nitrogen and oxygen atoms in total. The van der Waals surface area contributed by atoms with E-state index in [2.05, 4.69) is 22.6 Å². The van der Waals surface area contributed by atoms with Crippen molar-refractivity contribution in [2.45, 2.75) is 38.8 Å². The number of morpholine rings is 1. The molecule has 0 aliphatic carbocycles. The number of carbonyl (C=O) groups excluding carboxylic acids is 1. The van der Waals surface area contributed by atoms with Gasteiger partial charge in [0, 0.05) is 25.2 Å². The summed E-state index contributed by atoms with van der Waals surface area (Å²) in [7, 11) is 2.09. The fourth-order valence-corrected chi connectivity index (χ4v) is 1.77.